The molecule has 2 heteroatoms. The van der Waals surface area contributed by atoms with E-state index in [0.29, 0.717) is 11.8 Å². The third-order valence-electron chi connectivity index (χ3n) is 5.93. The fraction of sp³-hybridized carbons (Fsp3) is 0.812. The molecule has 3 aliphatic carbocycles. The van der Waals surface area contributed by atoms with Crippen molar-refractivity contribution in [2.75, 3.05) is 13.1 Å². The van der Waals surface area contributed by atoms with Gasteiger partial charge in [-0.2, -0.15) is 0 Å². The maximum Gasteiger partial charge on any atom is 0.225 e. The molecule has 2 saturated carbocycles. The number of allylic oxidation sites excluding steroid dienone is 2. The molecule has 2 bridgehead atoms. The van der Waals surface area contributed by atoms with Crippen LogP contribution in [0.5, 0.6) is 0 Å². The van der Waals surface area contributed by atoms with Gasteiger partial charge in [-0.1, -0.05) is 31.4 Å². The van der Waals surface area contributed by atoms with Gasteiger partial charge in [0.2, 0.25) is 5.91 Å². The second-order valence-electron chi connectivity index (χ2n) is 6.85. The van der Waals surface area contributed by atoms with E-state index >= 15 is 0 Å². The molecule has 3 fully saturated rings. The van der Waals surface area contributed by atoms with Gasteiger partial charge in [-0.05, 0) is 42.9 Å². The van der Waals surface area contributed by atoms with Crippen LogP contribution in [0.25, 0.3) is 0 Å². The summed E-state index contributed by atoms with van der Waals surface area (Å²) in [5, 5.41) is 0. The smallest absolute Gasteiger partial charge is 0.225 e. The molecule has 0 radical (unpaired) electrons. The minimum absolute atomic E-state index is 0.364. The lowest BCUT2D eigenvalue weighted by Gasteiger charge is -2.27. The van der Waals surface area contributed by atoms with Crippen molar-refractivity contribution in [3.63, 3.8) is 0 Å². The second kappa shape index (κ2) is 4.11. The van der Waals surface area contributed by atoms with Crippen molar-refractivity contribution in [1.29, 1.82) is 0 Å². The number of amides is 1. The number of hydrogen-bond acceptors (Lipinski definition) is 1. The summed E-state index contributed by atoms with van der Waals surface area (Å²) in [6.07, 6.45) is 12.4. The highest BCUT2D eigenvalue weighted by Gasteiger charge is 2.50. The van der Waals surface area contributed by atoms with Gasteiger partial charge in [0.25, 0.3) is 0 Å². The van der Waals surface area contributed by atoms with Crippen LogP contribution in [-0.4, -0.2) is 23.9 Å². The standard InChI is InChI=1S/C16H23NO/c18-16(11-4-2-1-3-5-11)17-9-14-12-6-7-13(8-12)15(14)10-17/h6-7,11-15H,1-5,8-10H2. The van der Waals surface area contributed by atoms with Gasteiger partial charge in [0.05, 0.1) is 0 Å². The van der Waals surface area contributed by atoms with E-state index in [2.05, 4.69) is 17.1 Å². The molecule has 1 saturated heterocycles. The molecule has 1 aliphatic heterocycles. The van der Waals surface area contributed by atoms with E-state index in [1.54, 1.807) is 0 Å². The molecule has 0 aromatic heterocycles. The summed E-state index contributed by atoms with van der Waals surface area (Å²) < 4.78 is 0. The Kier molecular flexibility index (Phi) is 2.53. The Balaban J connectivity index is 1.44. The molecule has 0 N–H and O–H groups in total. The van der Waals surface area contributed by atoms with Gasteiger partial charge in [-0.15, -0.1) is 0 Å². The van der Waals surface area contributed by atoms with Crippen molar-refractivity contribution < 1.29 is 4.79 Å². The Morgan fingerprint density at radius 3 is 2.17 bits per heavy atom. The third-order valence-corrected chi connectivity index (χ3v) is 5.93. The fourth-order valence-electron chi connectivity index (χ4n) is 4.94. The van der Waals surface area contributed by atoms with Crippen molar-refractivity contribution in [3.05, 3.63) is 12.2 Å². The Bertz CT molecular complexity index is 363. The molecule has 0 spiro atoms. The number of carbonyl (C=O) groups is 1. The molecule has 4 rings (SSSR count). The number of fused-ring (bicyclic) bond motifs is 5. The summed E-state index contributed by atoms with van der Waals surface area (Å²) in [7, 11) is 0. The summed E-state index contributed by atoms with van der Waals surface area (Å²) in [5.41, 5.74) is 0. The maximum absolute atomic E-state index is 12.6. The topological polar surface area (TPSA) is 20.3 Å². The van der Waals surface area contributed by atoms with Crippen LogP contribution in [0.15, 0.2) is 12.2 Å². The first kappa shape index (κ1) is 11.1. The minimum Gasteiger partial charge on any atom is -0.342 e. The van der Waals surface area contributed by atoms with E-state index in [0.717, 1.165) is 49.6 Å². The average Bonchev–Trinajstić information content (AvgIpc) is 3.10. The first-order chi connectivity index (χ1) is 8.83. The fourth-order valence-corrected chi connectivity index (χ4v) is 4.94. The Labute approximate surface area is 109 Å². The molecule has 4 aliphatic rings. The first-order valence-electron chi connectivity index (χ1n) is 7.80. The quantitative estimate of drug-likeness (QED) is 0.651. The zero-order valence-corrected chi connectivity index (χ0v) is 11.1. The summed E-state index contributed by atoms with van der Waals surface area (Å²) in [4.78, 5) is 14.8. The van der Waals surface area contributed by atoms with E-state index in [1.807, 2.05) is 0 Å². The highest BCUT2D eigenvalue weighted by Crippen LogP contribution is 2.51. The van der Waals surface area contributed by atoms with Gasteiger partial charge < -0.3 is 4.90 Å². The van der Waals surface area contributed by atoms with Crippen LogP contribution in [0.2, 0.25) is 0 Å². The molecule has 4 unspecified atom stereocenters. The number of carbonyl (C=O) groups excluding carboxylic acids is 1. The van der Waals surface area contributed by atoms with Crippen LogP contribution in [0.4, 0.5) is 0 Å². The van der Waals surface area contributed by atoms with Gasteiger partial charge in [-0.3, -0.25) is 4.79 Å². The number of hydrogen-bond donors (Lipinski definition) is 0. The zero-order valence-electron chi connectivity index (χ0n) is 11.1. The number of likely N-dealkylation sites (tertiary alicyclic amines) is 1. The molecular formula is C16H23NO. The van der Waals surface area contributed by atoms with E-state index in [-0.39, 0.29) is 0 Å². The Morgan fingerprint density at radius 1 is 0.944 bits per heavy atom. The molecule has 1 amide bonds. The van der Waals surface area contributed by atoms with E-state index in [4.69, 9.17) is 0 Å². The summed E-state index contributed by atoms with van der Waals surface area (Å²) in [6, 6.07) is 0. The predicted molar refractivity (Wildman–Crippen MR) is 70.9 cm³/mol. The van der Waals surface area contributed by atoms with Gasteiger partial charge in [-0.25, -0.2) is 0 Å². The average molecular weight is 245 g/mol. The molecule has 2 nitrogen and oxygen atoms in total. The third kappa shape index (κ3) is 1.57. The largest absolute Gasteiger partial charge is 0.342 e. The van der Waals surface area contributed by atoms with Gasteiger partial charge in [0.15, 0.2) is 0 Å². The summed E-state index contributed by atoms with van der Waals surface area (Å²) in [6.45, 7) is 2.12. The molecule has 4 atom stereocenters. The van der Waals surface area contributed by atoms with Crippen molar-refractivity contribution in [1.82, 2.24) is 4.90 Å². The van der Waals surface area contributed by atoms with Gasteiger partial charge in [0.1, 0.15) is 0 Å². The van der Waals surface area contributed by atoms with Crippen LogP contribution < -0.4 is 0 Å². The van der Waals surface area contributed by atoms with Crippen LogP contribution >= 0.6 is 0 Å². The highest BCUT2D eigenvalue weighted by molar-refractivity contribution is 5.79. The second-order valence-corrected chi connectivity index (χ2v) is 6.85. The van der Waals surface area contributed by atoms with Crippen LogP contribution in [0, 0.1) is 29.6 Å². The first-order valence-corrected chi connectivity index (χ1v) is 7.80. The molecular weight excluding hydrogens is 222 g/mol. The lowest BCUT2D eigenvalue weighted by atomic mass is 9.86. The normalized spacial score (nSPS) is 42.6. The summed E-state index contributed by atoms with van der Waals surface area (Å²) in [5.74, 6) is 4.04. The van der Waals surface area contributed by atoms with Crippen molar-refractivity contribution in [2.24, 2.45) is 29.6 Å². The molecule has 1 heterocycles. The number of rotatable bonds is 1. The maximum atomic E-state index is 12.6. The van der Waals surface area contributed by atoms with Crippen LogP contribution in [0.3, 0.4) is 0 Å². The van der Waals surface area contributed by atoms with E-state index < -0.39 is 0 Å². The predicted octanol–water partition coefficient (Wildman–Crippen LogP) is 2.85. The van der Waals surface area contributed by atoms with E-state index in [9.17, 15) is 4.79 Å². The lowest BCUT2D eigenvalue weighted by molar-refractivity contribution is -0.135. The van der Waals surface area contributed by atoms with Crippen LogP contribution in [-0.2, 0) is 4.79 Å². The van der Waals surface area contributed by atoms with Gasteiger partial charge in [0, 0.05) is 19.0 Å². The minimum atomic E-state index is 0.364. The van der Waals surface area contributed by atoms with Gasteiger partial charge >= 0.3 is 0 Å². The Hall–Kier alpha value is -0.790. The Morgan fingerprint density at radius 2 is 1.56 bits per heavy atom. The van der Waals surface area contributed by atoms with Crippen molar-refractivity contribution in [2.45, 2.75) is 38.5 Å². The monoisotopic (exact) mass is 245 g/mol. The summed E-state index contributed by atoms with van der Waals surface area (Å²) >= 11 is 0. The van der Waals surface area contributed by atoms with Crippen LogP contribution in [0.1, 0.15) is 38.5 Å². The van der Waals surface area contributed by atoms with E-state index in [1.165, 1.54) is 25.7 Å². The van der Waals surface area contributed by atoms with Crippen molar-refractivity contribution in [3.8, 4) is 0 Å². The molecule has 0 aromatic carbocycles. The number of nitrogens with zero attached hydrogens (tertiary/aromatic N) is 1. The molecule has 18 heavy (non-hydrogen) atoms. The van der Waals surface area contributed by atoms with Crippen molar-refractivity contribution >= 4 is 5.91 Å². The highest BCUT2D eigenvalue weighted by atomic mass is 16.2. The molecule has 0 aromatic rings. The molecule has 98 valence electrons. The zero-order chi connectivity index (χ0) is 12.1. The SMILES string of the molecule is O=C(C1CCCCC1)N1CC2C3C=CC(C3)C2C1. The lowest BCUT2D eigenvalue weighted by Crippen LogP contribution is -2.36.